The quantitative estimate of drug-likeness (QED) is 0.828. The fourth-order valence-corrected chi connectivity index (χ4v) is 2.30. The van der Waals surface area contributed by atoms with Crippen molar-refractivity contribution in [2.24, 2.45) is 7.05 Å². The van der Waals surface area contributed by atoms with Crippen molar-refractivity contribution < 1.29 is 15.0 Å². The number of phenolic OH excluding ortho intramolecular Hbond substituents is 1. The first-order chi connectivity index (χ1) is 9.00. The molecule has 0 saturated heterocycles. The van der Waals surface area contributed by atoms with Crippen molar-refractivity contribution in [3.05, 3.63) is 23.8 Å². The molecule has 19 heavy (non-hydrogen) atoms. The molecule has 0 aliphatic heterocycles. The molecular formula is C12H13N3O3S. The molecule has 1 heterocycles. The molecule has 2 aromatic rings. The summed E-state index contributed by atoms with van der Waals surface area (Å²) in [6.07, 6.45) is 0. The van der Waals surface area contributed by atoms with E-state index >= 15 is 0 Å². The second-order valence-corrected chi connectivity index (χ2v) is 4.94. The second-order valence-electron chi connectivity index (χ2n) is 4.00. The summed E-state index contributed by atoms with van der Waals surface area (Å²) in [6.45, 7) is 1.80. The molecule has 0 amide bonds. The van der Waals surface area contributed by atoms with Crippen LogP contribution in [0.15, 0.2) is 23.4 Å². The number of aliphatic carboxylic acids is 1. The van der Waals surface area contributed by atoms with Crippen molar-refractivity contribution in [3.8, 4) is 17.1 Å². The Balaban J connectivity index is 2.36. The summed E-state index contributed by atoms with van der Waals surface area (Å²) in [7, 11) is 1.77. The number of carbonyl (C=O) groups is 1. The third-order valence-electron chi connectivity index (χ3n) is 2.71. The number of hydrogen-bond donors (Lipinski definition) is 2. The van der Waals surface area contributed by atoms with E-state index in [9.17, 15) is 9.90 Å². The highest BCUT2D eigenvalue weighted by Crippen LogP contribution is 2.29. The van der Waals surface area contributed by atoms with Crippen molar-refractivity contribution in [1.29, 1.82) is 0 Å². The fraction of sp³-hybridized carbons (Fsp3) is 0.250. The Morgan fingerprint density at radius 1 is 1.42 bits per heavy atom. The first-order valence-electron chi connectivity index (χ1n) is 5.53. The highest BCUT2D eigenvalue weighted by molar-refractivity contribution is 7.99. The summed E-state index contributed by atoms with van der Waals surface area (Å²) in [5.74, 6) is -0.171. The Kier molecular flexibility index (Phi) is 3.75. The van der Waals surface area contributed by atoms with Crippen LogP contribution in [0.4, 0.5) is 0 Å². The highest BCUT2D eigenvalue weighted by Gasteiger charge is 2.15. The van der Waals surface area contributed by atoms with Gasteiger partial charge < -0.3 is 14.8 Å². The number of carboxylic acid groups (broad SMARTS) is 1. The SMILES string of the molecule is Cc1c(O)cccc1-c1nnc(SCC(=O)O)n1C. The zero-order valence-electron chi connectivity index (χ0n) is 10.5. The van der Waals surface area contributed by atoms with Gasteiger partial charge in [-0.2, -0.15) is 0 Å². The Morgan fingerprint density at radius 3 is 2.84 bits per heavy atom. The summed E-state index contributed by atoms with van der Waals surface area (Å²) in [5.41, 5.74) is 1.49. The Bertz CT molecular complexity index is 625. The number of aromatic hydroxyl groups is 1. The van der Waals surface area contributed by atoms with Crippen LogP contribution in [-0.2, 0) is 11.8 Å². The normalized spacial score (nSPS) is 10.6. The molecule has 1 aromatic carbocycles. The summed E-state index contributed by atoms with van der Waals surface area (Å²) < 4.78 is 1.72. The van der Waals surface area contributed by atoms with Crippen LogP contribution in [0.2, 0.25) is 0 Å². The van der Waals surface area contributed by atoms with Gasteiger partial charge in [0.2, 0.25) is 0 Å². The molecule has 7 heteroatoms. The lowest BCUT2D eigenvalue weighted by molar-refractivity contribution is -0.133. The van der Waals surface area contributed by atoms with Crippen LogP contribution in [0, 0.1) is 6.92 Å². The third kappa shape index (κ3) is 2.70. The van der Waals surface area contributed by atoms with Gasteiger partial charge in [-0.25, -0.2) is 0 Å². The van der Waals surface area contributed by atoms with E-state index in [2.05, 4.69) is 10.2 Å². The van der Waals surface area contributed by atoms with Gasteiger partial charge in [-0.3, -0.25) is 4.79 Å². The number of rotatable bonds is 4. The molecular weight excluding hydrogens is 266 g/mol. The minimum atomic E-state index is -0.900. The first kappa shape index (κ1) is 13.4. The number of hydrogen-bond acceptors (Lipinski definition) is 5. The molecule has 0 saturated carbocycles. The first-order valence-corrected chi connectivity index (χ1v) is 6.52. The minimum Gasteiger partial charge on any atom is -0.508 e. The Morgan fingerprint density at radius 2 is 2.16 bits per heavy atom. The number of aromatic nitrogens is 3. The number of phenols is 1. The van der Waals surface area contributed by atoms with Crippen molar-refractivity contribution >= 4 is 17.7 Å². The zero-order valence-corrected chi connectivity index (χ0v) is 11.3. The van der Waals surface area contributed by atoms with Crippen molar-refractivity contribution in [2.75, 3.05) is 5.75 Å². The highest BCUT2D eigenvalue weighted by atomic mass is 32.2. The average Bonchev–Trinajstić information content (AvgIpc) is 2.72. The fourth-order valence-electron chi connectivity index (χ4n) is 1.67. The lowest BCUT2D eigenvalue weighted by Crippen LogP contribution is -2.01. The third-order valence-corrected chi connectivity index (χ3v) is 3.71. The number of benzene rings is 1. The molecule has 1 aromatic heterocycles. The summed E-state index contributed by atoms with van der Waals surface area (Å²) in [4.78, 5) is 10.5. The van der Waals surface area contributed by atoms with E-state index in [1.165, 1.54) is 0 Å². The number of nitrogens with zero attached hydrogens (tertiary/aromatic N) is 3. The topological polar surface area (TPSA) is 88.2 Å². The van der Waals surface area contributed by atoms with Crippen molar-refractivity contribution in [3.63, 3.8) is 0 Å². The lowest BCUT2D eigenvalue weighted by atomic mass is 10.1. The molecule has 0 radical (unpaired) electrons. The van der Waals surface area contributed by atoms with Gasteiger partial charge in [0.05, 0.1) is 5.75 Å². The van der Waals surface area contributed by atoms with Gasteiger partial charge in [0.15, 0.2) is 11.0 Å². The lowest BCUT2D eigenvalue weighted by Gasteiger charge is -2.07. The maximum Gasteiger partial charge on any atom is 0.313 e. The van der Waals surface area contributed by atoms with Gasteiger partial charge in [-0.05, 0) is 13.0 Å². The van der Waals surface area contributed by atoms with Crippen LogP contribution in [0.1, 0.15) is 5.56 Å². The van der Waals surface area contributed by atoms with E-state index in [0.29, 0.717) is 16.5 Å². The van der Waals surface area contributed by atoms with Crippen LogP contribution in [0.3, 0.4) is 0 Å². The molecule has 0 atom stereocenters. The van der Waals surface area contributed by atoms with Crippen LogP contribution < -0.4 is 0 Å². The van der Waals surface area contributed by atoms with E-state index in [1.54, 1.807) is 30.7 Å². The molecule has 0 aliphatic rings. The van der Waals surface area contributed by atoms with Gasteiger partial charge in [0, 0.05) is 18.2 Å². The van der Waals surface area contributed by atoms with E-state index in [0.717, 1.165) is 17.3 Å². The molecule has 0 aliphatic carbocycles. The van der Waals surface area contributed by atoms with Crippen LogP contribution in [0.5, 0.6) is 5.75 Å². The van der Waals surface area contributed by atoms with Crippen LogP contribution in [-0.4, -0.2) is 36.7 Å². The van der Waals surface area contributed by atoms with Gasteiger partial charge >= 0.3 is 5.97 Å². The van der Waals surface area contributed by atoms with E-state index in [4.69, 9.17) is 5.11 Å². The molecule has 0 bridgehead atoms. The van der Waals surface area contributed by atoms with Crippen LogP contribution >= 0.6 is 11.8 Å². The molecule has 2 N–H and O–H groups in total. The molecule has 0 spiro atoms. The predicted molar refractivity (Wildman–Crippen MR) is 71.2 cm³/mol. The molecule has 0 fully saturated rings. The maximum absolute atomic E-state index is 10.5. The molecule has 2 rings (SSSR count). The summed E-state index contributed by atoms with van der Waals surface area (Å²) >= 11 is 1.11. The summed E-state index contributed by atoms with van der Waals surface area (Å²) in [6, 6.07) is 5.18. The van der Waals surface area contributed by atoms with E-state index in [-0.39, 0.29) is 11.5 Å². The van der Waals surface area contributed by atoms with E-state index in [1.807, 2.05) is 6.07 Å². The van der Waals surface area contributed by atoms with Gasteiger partial charge in [-0.1, -0.05) is 23.9 Å². The Hall–Kier alpha value is -2.02. The monoisotopic (exact) mass is 279 g/mol. The van der Waals surface area contributed by atoms with Crippen molar-refractivity contribution in [1.82, 2.24) is 14.8 Å². The average molecular weight is 279 g/mol. The van der Waals surface area contributed by atoms with Gasteiger partial charge in [0.25, 0.3) is 0 Å². The second kappa shape index (κ2) is 5.31. The molecule has 100 valence electrons. The number of carboxylic acids is 1. The largest absolute Gasteiger partial charge is 0.508 e. The molecule has 6 nitrogen and oxygen atoms in total. The maximum atomic E-state index is 10.5. The van der Waals surface area contributed by atoms with E-state index < -0.39 is 5.97 Å². The van der Waals surface area contributed by atoms with Gasteiger partial charge in [0.1, 0.15) is 5.75 Å². The standard InChI is InChI=1S/C12H13N3O3S/c1-7-8(4-3-5-9(7)16)11-13-14-12(15(11)2)19-6-10(17)18/h3-5,16H,6H2,1-2H3,(H,17,18). The zero-order chi connectivity index (χ0) is 14.0. The smallest absolute Gasteiger partial charge is 0.313 e. The predicted octanol–water partition coefficient (Wildman–Crippen LogP) is 1.67. The minimum absolute atomic E-state index is 0.0645. The van der Waals surface area contributed by atoms with Crippen molar-refractivity contribution in [2.45, 2.75) is 12.1 Å². The van der Waals surface area contributed by atoms with Crippen LogP contribution in [0.25, 0.3) is 11.4 Å². The number of thioether (sulfide) groups is 1. The molecule has 0 unspecified atom stereocenters. The van der Waals surface area contributed by atoms with Gasteiger partial charge in [-0.15, -0.1) is 10.2 Å². The summed E-state index contributed by atoms with van der Waals surface area (Å²) in [5, 5.41) is 26.9. The Labute approximate surface area is 114 Å².